The zero-order valence-corrected chi connectivity index (χ0v) is 12.1. The van der Waals surface area contributed by atoms with Gasteiger partial charge < -0.3 is 10.2 Å². The van der Waals surface area contributed by atoms with E-state index in [0.29, 0.717) is 23.9 Å². The fraction of sp³-hybridized carbons (Fsp3) is 0.529. The average Bonchev–Trinajstić information content (AvgIpc) is 3.09. The Labute approximate surface area is 124 Å². The molecule has 0 aromatic heterocycles. The molecular formula is C17H20N2O2. The maximum absolute atomic E-state index is 12.8. The van der Waals surface area contributed by atoms with Gasteiger partial charge in [-0.05, 0) is 49.3 Å². The second kappa shape index (κ2) is 4.86. The first kappa shape index (κ1) is 12.9. The van der Waals surface area contributed by atoms with Crippen molar-refractivity contribution < 1.29 is 9.59 Å². The molecule has 2 unspecified atom stereocenters. The van der Waals surface area contributed by atoms with E-state index in [0.717, 1.165) is 30.6 Å². The van der Waals surface area contributed by atoms with E-state index in [1.807, 2.05) is 18.2 Å². The molecule has 21 heavy (non-hydrogen) atoms. The van der Waals surface area contributed by atoms with Crippen molar-refractivity contribution in [3.8, 4) is 0 Å². The second-order valence-corrected chi connectivity index (χ2v) is 6.50. The van der Waals surface area contributed by atoms with Crippen LogP contribution in [0, 0.1) is 5.92 Å². The van der Waals surface area contributed by atoms with E-state index in [4.69, 9.17) is 0 Å². The fourth-order valence-electron chi connectivity index (χ4n) is 4.22. The number of amides is 2. The van der Waals surface area contributed by atoms with Gasteiger partial charge in [-0.2, -0.15) is 0 Å². The van der Waals surface area contributed by atoms with Crippen LogP contribution >= 0.6 is 0 Å². The highest BCUT2D eigenvalue weighted by molar-refractivity contribution is 6.02. The van der Waals surface area contributed by atoms with E-state index < -0.39 is 0 Å². The van der Waals surface area contributed by atoms with Crippen molar-refractivity contribution in [3.05, 3.63) is 29.3 Å². The lowest BCUT2D eigenvalue weighted by Gasteiger charge is -2.38. The Balaban J connectivity index is 1.60. The number of fused-ring (bicyclic) bond motifs is 2. The summed E-state index contributed by atoms with van der Waals surface area (Å²) in [5, 5.41) is 2.83. The van der Waals surface area contributed by atoms with Gasteiger partial charge in [0.1, 0.15) is 0 Å². The third-order valence-corrected chi connectivity index (χ3v) is 5.24. The van der Waals surface area contributed by atoms with Crippen molar-refractivity contribution in [2.45, 2.75) is 44.6 Å². The number of carbonyl (C=O) groups is 2. The number of likely N-dealkylation sites (tertiary alicyclic amines) is 1. The monoisotopic (exact) mass is 284 g/mol. The van der Waals surface area contributed by atoms with Crippen molar-refractivity contribution >= 4 is 17.5 Å². The molecule has 4 heteroatoms. The van der Waals surface area contributed by atoms with Gasteiger partial charge in [-0.3, -0.25) is 9.59 Å². The average molecular weight is 284 g/mol. The van der Waals surface area contributed by atoms with Crippen LogP contribution in [0.2, 0.25) is 0 Å². The van der Waals surface area contributed by atoms with E-state index in [1.165, 1.54) is 19.3 Å². The number of anilines is 1. The quantitative estimate of drug-likeness (QED) is 0.861. The SMILES string of the molecule is O=C1Cc2ccc(C(=O)N3CCCC4CCCC43)cc2N1. The Morgan fingerprint density at radius 3 is 2.95 bits per heavy atom. The van der Waals surface area contributed by atoms with E-state index in [9.17, 15) is 9.59 Å². The first-order chi connectivity index (χ1) is 10.2. The fourth-order valence-corrected chi connectivity index (χ4v) is 4.22. The summed E-state index contributed by atoms with van der Waals surface area (Å²) in [4.78, 5) is 26.3. The van der Waals surface area contributed by atoms with Gasteiger partial charge >= 0.3 is 0 Å². The number of nitrogens with zero attached hydrogens (tertiary/aromatic N) is 1. The van der Waals surface area contributed by atoms with Crippen LogP contribution in [0.1, 0.15) is 48.0 Å². The van der Waals surface area contributed by atoms with Gasteiger partial charge in [0, 0.05) is 23.8 Å². The molecule has 1 aliphatic carbocycles. The summed E-state index contributed by atoms with van der Waals surface area (Å²) in [6.45, 7) is 0.878. The summed E-state index contributed by atoms with van der Waals surface area (Å²) in [5.74, 6) is 0.857. The minimum absolute atomic E-state index is 0.0171. The molecule has 3 aliphatic rings. The standard InChI is InChI=1S/C17H20N2O2/c20-16-10-12-6-7-13(9-14(12)18-16)17(21)19-8-2-4-11-3-1-5-15(11)19/h6-7,9,11,15H,1-5,8,10H2,(H,18,20). The number of nitrogens with one attached hydrogen (secondary N) is 1. The minimum Gasteiger partial charge on any atom is -0.335 e. The zero-order valence-electron chi connectivity index (χ0n) is 12.1. The van der Waals surface area contributed by atoms with Crippen molar-refractivity contribution in [2.75, 3.05) is 11.9 Å². The molecule has 1 aromatic carbocycles. The van der Waals surface area contributed by atoms with Gasteiger partial charge in [-0.25, -0.2) is 0 Å². The van der Waals surface area contributed by atoms with Crippen LogP contribution < -0.4 is 5.32 Å². The highest BCUT2D eigenvalue weighted by atomic mass is 16.2. The molecule has 2 amide bonds. The Morgan fingerprint density at radius 1 is 1.19 bits per heavy atom. The molecule has 4 rings (SSSR count). The summed E-state index contributed by atoms with van der Waals surface area (Å²) in [6, 6.07) is 6.08. The van der Waals surface area contributed by atoms with Gasteiger partial charge in [-0.1, -0.05) is 12.5 Å². The second-order valence-electron chi connectivity index (χ2n) is 6.50. The van der Waals surface area contributed by atoms with Crippen LogP contribution in [0.4, 0.5) is 5.69 Å². The molecule has 2 fully saturated rings. The Kier molecular flexibility index (Phi) is 2.98. The number of hydrogen-bond acceptors (Lipinski definition) is 2. The van der Waals surface area contributed by atoms with Crippen molar-refractivity contribution in [2.24, 2.45) is 5.92 Å². The minimum atomic E-state index is 0.0171. The van der Waals surface area contributed by atoms with Crippen LogP contribution in [0.25, 0.3) is 0 Å². The van der Waals surface area contributed by atoms with Crippen LogP contribution in [-0.4, -0.2) is 29.3 Å². The highest BCUT2D eigenvalue weighted by Crippen LogP contribution is 2.37. The Bertz CT molecular complexity index is 611. The summed E-state index contributed by atoms with van der Waals surface area (Å²) in [6.07, 6.45) is 6.49. The number of benzene rings is 1. The predicted octanol–water partition coefficient (Wildman–Crippen LogP) is 2.59. The van der Waals surface area contributed by atoms with Crippen LogP contribution in [0.15, 0.2) is 18.2 Å². The summed E-state index contributed by atoms with van der Waals surface area (Å²) in [5.41, 5.74) is 2.52. The molecule has 1 saturated heterocycles. The van der Waals surface area contributed by atoms with Crippen molar-refractivity contribution in [3.63, 3.8) is 0 Å². The van der Waals surface area contributed by atoms with E-state index >= 15 is 0 Å². The molecule has 1 aromatic rings. The molecule has 0 spiro atoms. The molecule has 110 valence electrons. The molecule has 0 radical (unpaired) electrons. The molecule has 2 aliphatic heterocycles. The van der Waals surface area contributed by atoms with Gasteiger partial charge in [0.2, 0.25) is 5.91 Å². The first-order valence-corrected chi connectivity index (χ1v) is 7.96. The molecule has 4 nitrogen and oxygen atoms in total. The van der Waals surface area contributed by atoms with E-state index in [2.05, 4.69) is 10.2 Å². The van der Waals surface area contributed by atoms with Crippen LogP contribution in [0.3, 0.4) is 0 Å². The van der Waals surface area contributed by atoms with E-state index in [-0.39, 0.29) is 11.8 Å². The number of carbonyl (C=O) groups excluding carboxylic acids is 2. The Hall–Kier alpha value is -1.84. The number of piperidine rings is 1. The van der Waals surface area contributed by atoms with Gasteiger partial charge in [0.15, 0.2) is 0 Å². The number of hydrogen-bond donors (Lipinski definition) is 1. The molecule has 0 bridgehead atoms. The van der Waals surface area contributed by atoms with Gasteiger partial charge in [0.05, 0.1) is 6.42 Å². The maximum Gasteiger partial charge on any atom is 0.254 e. The lowest BCUT2D eigenvalue weighted by molar-refractivity contribution is -0.115. The third-order valence-electron chi connectivity index (χ3n) is 5.24. The lowest BCUT2D eigenvalue weighted by Crippen LogP contribution is -2.46. The highest BCUT2D eigenvalue weighted by Gasteiger charge is 2.37. The third kappa shape index (κ3) is 2.13. The van der Waals surface area contributed by atoms with Crippen molar-refractivity contribution in [1.29, 1.82) is 0 Å². The molecule has 2 heterocycles. The molecule has 2 atom stereocenters. The van der Waals surface area contributed by atoms with Crippen molar-refractivity contribution in [1.82, 2.24) is 4.90 Å². The van der Waals surface area contributed by atoms with Gasteiger partial charge in [0.25, 0.3) is 5.91 Å². The summed E-state index contributed by atoms with van der Waals surface area (Å²) in [7, 11) is 0. The zero-order chi connectivity index (χ0) is 14.4. The topological polar surface area (TPSA) is 49.4 Å². The molecular weight excluding hydrogens is 264 g/mol. The summed E-state index contributed by atoms with van der Waals surface area (Å²) >= 11 is 0. The van der Waals surface area contributed by atoms with Gasteiger partial charge in [-0.15, -0.1) is 0 Å². The largest absolute Gasteiger partial charge is 0.335 e. The maximum atomic E-state index is 12.8. The normalized spacial score (nSPS) is 27.2. The predicted molar refractivity (Wildman–Crippen MR) is 80.2 cm³/mol. The Morgan fingerprint density at radius 2 is 2.05 bits per heavy atom. The van der Waals surface area contributed by atoms with E-state index in [1.54, 1.807) is 0 Å². The smallest absolute Gasteiger partial charge is 0.254 e. The lowest BCUT2D eigenvalue weighted by atomic mass is 9.91. The molecule has 1 N–H and O–H groups in total. The van der Waals surface area contributed by atoms with Crippen LogP contribution in [-0.2, 0) is 11.2 Å². The van der Waals surface area contributed by atoms with Crippen LogP contribution in [0.5, 0.6) is 0 Å². The number of rotatable bonds is 1. The summed E-state index contributed by atoms with van der Waals surface area (Å²) < 4.78 is 0. The first-order valence-electron chi connectivity index (χ1n) is 7.96. The molecule has 1 saturated carbocycles.